The van der Waals surface area contributed by atoms with Gasteiger partial charge in [0.15, 0.2) is 0 Å². The van der Waals surface area contributed by atoms with Crippen LogP contribution in [0.5, 0.6) is 0 Å². The summed E-state index contributed by atoms with van der Waals surface area (Å²) in [4.78, 5) is 7.06. The van der Waals surface area contributed by atoms with Crippen LogP contribution < -0.4 is 0 Å². The first-order valence-corrected chi connectivity index (χ1v) is 6.90. The van der Waals surface area contributed by atoms with E-state index in [1.807, 2.05) is 11.3 Å². The molecule has 84 valence electrons. The Kier molecular flexibility index (Phi) is 4.00. The summed E-state index contributed by atoms with van der Waals surface area (Å²) >= 11 is 7.52. The first-order valence-electron chi connectivity index (χ1n) is 5.48. The average molecular weight is 245 g/mol. The van der Waals surface area contributed by atoms with Gasteiger partial charge >= 0.3 is 0 Å². The Bertz CT molecular complexity index is 305. The fourth-order valence-electron chi connectivity index (χ4n) is 1.98. The van der Waals surface area contributed by atoms with Gasteiger partial charge in [-0.2, -0.15) is 0 Å². The lowest BCUT2D eigenvalue weighted by atomic mass is 9.98. The molecule has 0 bridgehead atoms. The summed E-state index contributed by atoms with van der Waals surface area (Å²) in [5, 5.41) is 3.49. The third-order valence-electron chi connectivity index (χ3n) is 2.99. The van der Waals surface area contributed by atoms with E-state index >= 15 is 0 Å². The lowest BCUT2D eigenvalue weighted by Crippen LogP contribution is -2.29. The highest BCUT2D eigenvalue weighted by molar-refractivity contribution is 7.09. The number of halogens is 1. The van der Waals surface area contributed by atoms with Crippen molar-refractivity contribution in [2.75, 3.05) is 26.0 Å². The van der Waals surface area contributed by atoms with Gasteiger partial charge in [0, 0.05) is 23.6 Å². The molecule has 0 N–H and O–H groups in total. The number of piperidine rings is 1. The molecule has 15 heavy (non-hydrogen) atoms. The van der Waals surface area contributed by atoms with E-state index in [4.69, 9.17) is 11.6 Å². The molecule has 1 saturated heterocycles. The second-order valence-corrected chi connectivity index (χ2v) is 5.46. The van der Waals surface area contributed by atoms with Crippen LogP contribution in [0.3, 0.4) is 0 Å². The van der Waals surface area contributed by atoms with E-state index in [2.05, 4.69) is 22.3 Å². The van der Waals surface area contributed by atoms with Gasteiger partial charge in [0.2, 0.25) is 0 Å². The minimum Gasteiger partial charge on any atom is -0.306 e. The zero-order valence-corrected chi connectivity index (χ0v) is 10.7. The highest BCUT2D eigenvalue weighted by atomic mass is 35.5. The molecule has 1 aromatic rings. The molecule has 0 saturated carbocycles. The molecule has 0 amide bonds. The lowest BCUT2D eigenvalue weighted by molar-refractivity contribution is 0.255. The quantitative estimate of drug-likeness (QED) is 0.761. The normalized spacial score (nSPS) is 19.6. The van der Waals surface area contributed by atoms with Crippen LogP contribution in [0.4, 0.5) is 0 Å². The molecule has 0 spiro atoms. The second kappa shape index (κ2) is 5.28. The van der Waals surface area contributed by atoms with Gasteiger partial charge in [-0.25, -0.2) is 4.98 Å². The van der Waals surface area contributed by atoms with Crippen LogP contribution in [-0.2, 0) is 6.42 Å². The Labute approximate surface area is 100 Å². The molecule has 0 aromatic carbocycles. The standard InChI is InChI=1S/C11H17ClN2S/c1-14-6-3-9(4-7-14)11-13-10(2-5-12)8-15-11/h8-9H,2-7H2,1H3. The minimum atomic E-state index is 0.677. The zero-order valence-electron chi connectivity index (χ0n) is 9.08. The first-order chi connectivity index (χ1) is 7.29. The van der Waals surface area contributed by atoms with Gasteiger partial charge in [-0.05, 0) is 33.0 Å². The Hall–Kier alpha value is -0.120. The molecule has 4 heteroatoms. The molecular formula is C11H17ClN2S. The SMILES string of the molecule is CN1CCC(c2nc(CCCl)cs2)CC1. The Morgan fingerprint density at radius 2 is 2.27 bits per heavy atom. The van der Waals surface area contributed by atoms with E-state index in [9.17, 15) is 0 Å². The van der Waals surface area contributed by atoms with Crippen LogP contribution >= 0.6 is 22.9 Å². The molecule has 0 unspecified atom stereocenters. The van der Waals surface area contributed by atoms with Gasteiger partial charge in [-0.3, -0.25) is 0 Å². The van der Waals surface area contributed by atoms with Gasteiger partial charge in [-0.15, -0.1) is 22.9 Å². The Morgan fingerprint density at radius 1 is 1.53 bits per heavy atom. The number of alkyl halides is 1. The highest BCUT2D eigenvalue weighted by Gasteiger charge is 2.20. The molecule has 2 rings (SSSR count). The number of aromatic nitrogens is 1. The first kappa shape index (κ1) is 11.4. The molecule has 1 aromatic heterocycles. The molecule has 2 heterocycles. The van der Waals surface area contributed by atoms with Crippen molar-refractivity contribution in [1.82, 2.24) is 9.88 Å². The average Bonchev–Trinajstić information content (AvgIpc) is 2.68. The van der Waals surface area contributed by atoms with Crippen LogP contribution in [0.2, 0.25) is 0 Å². The van der Waals surface area contributed by atoms with Crippen molar-refractivity contribution in [2.45, 2.75) is 25.2 Å². The highest BCUT2D eigenvalue weighted by Crippen LogP contribution is 2.29. The van der Waals surface area contributed by atoms with Gasteiger partial charge in [0.25, 0.3) is 0 Å². The summed E-state index contributed by atoms with van der Waals surface area (Å²) in [6.07, 6.45) is 3.42. The van der Waals surface area contributed by atoms with Gasteiger partial charge < -0.3 is 4.90 Å². The molecule has 0 radical (unpaired) electrons. The van der Waals surface area contributed by atoms with E-state index < -0.39 is 0 Å². The number of nitrogens with zero attached hydrogens (tertiary/aromatic N) is 2. The summed E-state index contributed by atoms with van der Waals surface area (Å²) in [6.45, 7) is 2.41. The van der Waals surface area contributed by atoms with Crippen LogP contribution in [0, 0.1) is 0 Å². The fourth-order valence-corrected chi connectivity index (χ4v) is 3.20. The van der Waals surface area contributed by atoms with Crippen molar-refractivity contribution in [3.05, 3.63) is 16.1 Å². The maximum Gasteiger partial charge on any atom is 0.0960 e. The summed E-state index contributed by atoms with van der Waals surface area (Å²) in [5.74, 6) is 1.37. The van der Waals surface area contributed by atoms with Crippen molar-refractivity contribution >= 4 is 22.9 Å². The van der Waals surface area contributed by atoms with E-state index in [1.165, 1.54) is 36.6 Å². The molecular weight excluding hydrogens is 228 g/mol. The van der Waals surface area contributed by atoms with E-state index in [1.54, 1.807) is 0 Å². The maximum absolute atomic E-state index is 5.71. The van der Waals surface area contributed by atoms with Gasteiger partial charge in [0.05, 0.1) is 10.7 Å². The number of hydrogen-bond donors (Lipinski definition) is 0. The van der Waals surface area contributed by atoms with Crippen molar-refractivity contribution in [2.24, 2.45) is 0 Å². The molecule has 1 aliphatic rings. The molecule has 0 atom stereocenters. The monoisotopic (exact) mass is 244 g/mol. The van der Waals surface area contributed by atoms with Crippen LogP contribution in [0.1, 0.15) is 29.5 Å². The number of aryl methyl sites for hydroxylation is 1. The predicted octanol–water partition coefficient (Wildman–Crippen LogP) is 2.73. The van der Waals surface area contributed by atoms with E-state index in [-0.39, 0.29) is 0 Å². The predicted molar refractivity (Wildman–Crippen MR) is 66.0 cm³/mol. The minimum absolute atomic E-state index is 0.677. The van der Waals surface area contributed by atoms with Crippen LogP contribution in [-0.4, -0.2) is 35.9 Å². The third-order valence-corrected chi connectivity index (χ3v) is 4.23. The summed E-state index contributed by atoms with van der Waals surface area (Å²) in [6, 6.07) is 0. The Morgan fingerprint density at radius 3 is 2.93 bits per heavy atom. The van der Waals surface area contributed by atoms with Gasteiger partial charge in [0.1, 0.15) is 0 Å². The molecule has 2 nitrogen and oxygen atoms in total. The topological polar surface area (TPSA) is 16.1 Å². The summed E-state index contributed by atoms with van der Waals surface area (Å²) in [7, 11) is 2.19. The molecule has 1 fully saturated rings. The van der Waals surface area contributed by atoms with Crippen molar-refractivity contribution in [1.29, 1.82) is 0 Å². The number of likely N-dealkylation sites (tertiary alicyclic amines) is 1. The molecule has 0 aliphatic carbocycles. The third kappa shape index (κ3) is 2.92. The summed E-state index contributed by atoms with van der Waals surface area (Å²) in [5.41, 5.74) is 1.17. The van der Waals surface area contributed by atoms with Crippen LogP contribution in [0.15, 0.2) is 5.38 Å². The second-order valence-electron chi connectivity index (χ2n) is 4.19. The summed E-state index contributed by atoms with van der Waals surface area (Å²) < 4.78 is 0. The van der Waals surface area contributed by atoms with Crippen molar-refractivity contribution in [3.63, 3.8) is 0 Å². The maximum atomic E-state index is 5.71. The van der Waals surface area contributed by atoms with Crippen molar-refractivity contribution < 1.29 is 0 Å². The fraction of sp³-hybridized carbons (Fsp3) is 0.727. The zero-order chi connectivity index (χ0) is 10.7. The number of hydrogen-bond acceptors (Lipinski definition) is 3. The largest absolute Gasteiger partial charge is 0.306 e. The van der Waals surface area contributed by atoms with E-state index in [0.29, 0.717) is 11.8 Å². The van der Waals surface area contributed by atoms with E-state index in [0.717, 1.165) is 6.42 Å². The Balaban J connectivity index is 1.96. The van der Waals surface area contributed by atoms with Crippen molar-refractivity contribution in [3.8, 4) is 0 Å². The number of rotatable bonds is 3. The molecule has 1 aliphatic heterocycles. The van der Waals surface area contributed by atoms with Crippen LogP contribution in [0.25, 0.3) is 0 Å². The number of thiazole rings is 1. The lowest BCUT2D eigenvalue weighted by Gasteiger charge is -2.27. The smallest absolute Gasteiger partial charge is 0.0960 e. The van der Waals surface area contributed by atoms with Gasteiger partial charge in [-0.1, -0.05) is 0 Å².